The number of benzene rings is 3. The van der Waals surface area contributed by atoms with E-state index in [1.165, 1.54) is 18.7 Å². The van der Waals surface area contributed by atoms with Crippen LogP contribution in [0.3, 0.4) is 0 Å². The lowest BCUT2D eigenvalue weighted by Gasteiger charge is -2.12. The Labute approximate surface area is 214 Å². The first-order valence-corrected chi connectivity index (χ1v) is 12.3. The normalized spacial score (nSPS) is 10.6. The van der Waals surface area contributed by atoms with Crippen molar-refractivity contribution >= 4 is 34.8 Å². The third-order valence-corrected chi connectivity index (χ3v) is 6.37. The molecule has 0 aliphatic rings. The highest BCUT2D eigenvalue weighted by Crippen LogP contribution is 2.24. The molecule has 0 fully saturated rings. The second-order valence-electron chi connectivity index (χ2n) is 8.12. The molecule has 2 N–H and O–H groups in total. The quantitative estimate of drug-likeness (QED) is 0.230. The number of aromatic nitrogens is 3. The molecule has 0 bridgehead atoms. The first kappa shape index (κ1) is 25.0. The molecule has 0 spiro atoms. The summed E-state index contributed by atoms with van der Waals surface area (Å²) in [5, 5.41) is 15.6. The summed E-state index contributed by atoms with van der Waals surface area (Å²) in [5.41, 5.74) is 4.23. The second-order valence-corrected chi connectivity index (χ2v) is 9.06. The highest BCUT2D eigenvalue weighted by Gasteiger charge is 2.16. The van der Waals surface area contributed by atoms with Gasteiger partial charge < -0.3 is 15.4 Å². The summed E-state index contributed by atoms with van der Waals surface area (Å²) in [5.74, 6) is 1.47. The maximum absolute atomic E-state index is 12.6. The van der Waals surface area contributed by atoms with Crippen molar-refractivity contribution in [2.45, 2.75) is 25.5 Å². The number of carbonyl (C=O) groups is 2. The lowest BCUT2D eigenvalue weighted by Crippen LogP contribution is -2.15. The Morgan fingerprint density at radius 3 is 2.22 bits per heavy atom. The molecule has 0 radical (unpaired) electrons. The Kier molecular flexibility index (Phi) is 8.02. The summed E-state index contributed by atoms with van der Waals surface area (Å²) in [7, 11) is 1.64. The van der Waals surface area contributed by atoms with Crippen LogP contribution < -0.4 is 15.4 Å². The van der Waals surface area contributed by atoms with Gasteiger partial charge in [-0.2, -0.15) is 0 Å². The molecule has 3 aromatic carbocycles. The van der Waals surface area contributed by atoms with E-state index in [4.69, 9.17) is 4.74 Å². The molecule has 0 saturated heterocycles. The van der Waals surface area contributed by atoms with E-state index in [0.717, 1.165) is 28.5 Å². The van der Waals surface area contributed by atoms with Crippen molar-refractivity contribution in [1.29, 1.82) is 0 Å². The van der Waals surface area contributed by atoms with Crippen molar-refractivity contribution in [1.82, 2.24) is 14.8 Å². The standard InChI is InChI=1S/C27H27N5O3S/c1-18-4-12-23(13-5-18)32-25(16-28-21-10-14-24(35-3)15-11-21)30-31-27(32)36-17-26(34)29-22-8-6-20(7-9-22)19(2)33/h4-15,28H,16-17H2,1-3H3,(H,29,34). The number of nitrogens with zero attached hydrogens (tertiary/aromatic N) is 3. The van der Waals surface area contributed by atoms with Gasteiger partial charge in [-0.1, -0.05) is 29.5 Å². The highest BCUT2D eigenvalue weighted by atomic mass is 32.2. The van der Waals surface area contributed by atoms with Crippen molar-refractivity contribution in [2.24, 2.45) is 0 Å². The number of thioether (sulfide) groups is 1. The van der Waals surface area contributed by atoms with E-state index < -0.39 is 0 Å². The summed E-state index contributed by atoms with van der Waals surface area (Å²) < 4.78 is 7.17. The largest absolute Gasteiger partial charge is 0.497 e. The van der Waals surface area contributed by atoms with Crippen molar-refractivity contribution in [2.75, 3.05) is 23.5 Å². The summed E-state index contributed by atoms with van der Waals surface area (Å²) >= 11 is 1.31. The Morgan fingerprint density at radius 1 is 0.917 bits per heavy atom. The monoisotopic (exact) mass is 501 g/mol. The van der Waals surface area contributed by atoms with Gasteiger partial charge in [-0.05, 0) is 74.5 Å². The zero-order valence-electron chi connectivity index (χ0n) is 20.3. The van der Waals surface area contributed by atoms with E-state index in [-0.39, 0.29) is 17.4 Å². The third kappa shape index (κ3) is 6.31. The molecule has 0 saturated carbocycles. The number of aryl methyl sites for hydroxylation is 1. The van der Waals surface area contributed by atoms with Gasteiger partial charge in [0.2, 0.25) is 5.91 Å². The Morgan fingerprint density at radius 2 is 1.58 bits per heavy atom. The molecule has 0 atom stereocenters. The average Bonchev–Trinajstić information content (AvgIpc) is 3.30. The fourth-order valence-electron chi connectivity index (χ4n) is 3.47. The second kappa shape index (κ2) is 11.5. The number of carbonyl (C=O) groups excluding carboxylic acids is 2. The number of amides is 1. The molecule has 0 unspecified atom stereocenters. The smallest absolute Gasteiger partial charge is 0.234 e. The Bertz CT molecular complexity index is 1330. The topological polar surface area (TPSA) is 98.1 Å². The maximum atomic E-state index is 12.6. The van der Waals surface area contributed by atoms with Crippen LogP contribution in [0.5, 0.6) is 5.75 Å². The predicted molar refractivity (Wildman–Crippen MR) is 142 cm³/mol. The van der Waals surface area contributed by atoms with Crippen LogP contribution in [0.15, 0.2) is 78.0 Å². The number of methoxy groups -OCH3 is 1. The molecule has 8 nitrogen and oxygen atoms in total. The van der Waals surface area contributed by atoms with E-state index in [1.54, 1.807) is 31.4 Å². The summed E-state index contributed by atoms with van der Waals surface area (Å²) in [6, 6.07) is 22.6. The zero-order chi connectivity index (χ0) is 25.5. The van der Waals surface area contributed by atoms with Crippen molar-refractivity contribution < 1.29 is 14.3 Å². The number of hydrogen-bond donors (Lipinski definition) is 2. The van der Waals surface area contributed by atoms with Crippen LogP contribution in [-0.4, -0.2) is 39.3 Å². The number of nitrogens with one attached hydrogen (secondary N) is 2. The number of ether oxygens (including phenoxy) is 1. The molecule has 1 heterocycles. The van der Waals surface area contributed by atoms with Crippen LogP contribution >= 0.6 is 11.8 Å². The molecule has 0 aliphatic carbocycles. The van der Waals surface area contributed by atoms with Gasteiger partial charge in [0.1, 0.15) is 5.75 Å². The van der Waals surface area contributed by atoms with Crippen LogP contribution in [0.4, 0.5) is 11.4 Å². The van der Waals surface area contributed by atoms with E-state index in [9.17, 15) is 9.59 Å². The minimum atomic E-state index is -0.174. The van der Waals surface area contributed by atoms with Crippen LogP contribution in [0.1, 0.15) is 28.7 Å². The molecule has 4 aromatic rings. The molecule has 4 rings (SSSR count). The van der Waals surface area contributed by atoms with E-state index >= 15 is 0 Å². The number of rotatable bonds is 10. The van der Waals surface area contributed by atoms with Crippen molar-refractivity contribution in [3.63, 3.8) is 0 Å². The van der Waals surface area contributed by atoms with Gasteiger partial charge in [0.15, 0.2) is 16.8 Å². The fraction of sp³-hybridized carbons (Fsp3) is 0.185. The average molecular weight is 502 g/mol. The fourth-order valence-corrected chi connectivity index (χ4v) is 4.24. The number of ketones is 1. The maximum Gasteiger partial charge on any atom is 0.234 e. The van der Waals surface area contributed by atoms with Gasteiger partial charge in [-0.15, -0.1) is 10.2 Å². The molecule has 184 valence electrons. The first-order valence-electron chi connectivity index (χ1n) is 11.4. The molecular weight excluding hydrogens is 474 g/mol. The lowest BCUT2D eigenvalue weighted by molar-refractivity contribution is -0.113. The number of hydrogen-bond acceptors (Lipinski definition) is 7. The molecule has 0 aliphatic heterocycles. The zero-order valence-corrected chi connectivity index (χ0v) is 21.1. The molecular formula is C27H27N5O3S. The van der Waals surface area contributed by atoms with E-state index in [0.29, 0.717) is 23.0 Å². The van der Waals surface area contributed by atoms with Gasteiger partial charge in [-0.3, -0.25) is 14.2 Å². The van der Waals surface area contributed by atoms with Gasteiger partial charge >= 0.3 is 0 Å². The first-order chi connectivity index (χ1) is 17.4. The predicted octanol–water partition coefficient (Wildman–Crippen LogP) is 5.13. The Hall–Kier alpha value is -4.11. The van der Waals surface area contributed by atoms with Gasteiger partial charge in [0.25, 0.3) is 0 Å². The van der Waals surface area contributed by atoms with E-state index in [2.05, 4.69) is 20.8 Å². The minimum absolute atomic E-state index is 0.0174. The third-order valence-electron chi connectivity index (χ3n) is 5.44. The number of Topliss-reactive ketones (excluding diaryl/α,β-unsaturated/α-hetero) is 1. The summed E-state index contributed by atoms with van der Waals surface area (Å²) in [4.78, 5) is 24.0. The van der Waals surface area contributed by atoms with Crippen LogP contribution in [-0.2, 0) is 11.3 Å². The van der Waals surface area contributed by atoms with Crippen molar-refractivity contribution in [3.8, 4) is 11.4 Å². The SMILES string of the molecule is COc1ccc(NCc2nnc(SCC(=O)Nc3ccc(C(C)=O)cc3)n2-c2ccc(C)cc2)cc1. The van der Waals surface area contributed by atoms with Gasteiger partial charge in [0, 0.05) is 22.6 Å². The lowest BCUT2D eigenvalue weighted by atomic mass is 10.1. The molecule has 36 heavy (non-hydrogen) atoms. The molecule has 1 amide bonds. The van der Waals surface area contributed by atoms with E-state index in [1.807, 2.05) is 60.0 Å². The van der Waals surface area contributed by atoms with Crippen LogP contribution in [0.2, 0.25) is 0 Å². The summed E-state index contributed by atoms with van der Waals surface area (Å²) in [6.45, 7) is 3.99. The minimum Gasteiger partial charge on any atom is -0.497 e. The van der Waals surface area contributed by atoms with Crippen molar-refractivity contribution in [3.05, 3.63) is 89.7 Å². The van der Waals surface area contributed by atoms with Gasteiger partial charge in [0.05, 0.1) is 19.4 Å². The summed E-state index contributed by atoms with van der Waals surface area (Å²) in [6.07, 6.45) is 0. The van der Waals surface area contributed by atoms with Gasteiger partial charge in [-0.25, -0.2) is 0 Å². The van der Waals surface area contributed by atoms with Crippen LogP contribution in [0, 0.1) is 6.92 Å². The molecule has 9 heteroatoms. The highest BCUT2D eigenvalue weighted by molar-refractivity contribution is 7.99. The molecule has 1 aromatic heterocycles. The number of anilines is 2. The van der Waals surface area contributed by atoms with Crippen LogP contribution in [0.25, 0.3) is 5.69 Å². The Balaban J connectivity index is 1.47.